The van der Waals surface area contributed by atoms with E-state index in [1.807, 2.05) is 25.2 Å². The lowest BCUT2D eigenvalue weighted by molar-refractivity contribution is -0.119. The highest BCUT2D eigenvalue weighted by molar-refractivity contribution is 7.09. The first kappa shape index (κ1) is 13.3. The van der Waals surface area contributed by atoms with Crippen molar-refractivity contribution >= 4 is 22.9 Å². The highest BCUT2D eigenvalue weighted by Crippen LogP contribution is 2.33. The lowest BCUT2D eigenvalue weighted by Gasteiger charge is -2.32. The SMILES string of the molecule is CN1C(=O)CC(NCCc2cccs2)c2ccccc21. The molecule has 0 bridgehead atoms. The van der Waals surface area contributed by atoms with Gasteiger partial charge in [0.2, 0.25) is 5.91 Å². The van der Waals surface area contributed by atoms with Crippen LogP contribution in [0.4, 0.5) is 5.69 Å². The van der Waals surface area contributed by atoms with E-state index < -0.39 is 0 Å². The van der Waals surface area contributed by atoms with Gasteiger partial charge in [-0.25, -0.2) is 0 Å². The smallest absolute Gasteiger partial charge is 0.228 e. The van der Waals surface area contributed by atoms with Crippen molar-refractivity contribution in [2.24, 2.45) is 0 Å². The fourth-order valence-corrected chi connectivity index (χ4v) is 3.36. The first-order valence-electron chi connectivity index (χ1n) is 6.87. The summed E-state index contributed by atoms with van der Waals surface area (Å²) < 4.78 is 0. The molecule has 2 aromatic rings. The molecule has 4 heteroatoms. The fourth-order valence-electron chi connectivity index (χ4n) is 2.65. The Kier molecular flexibility index (Phi) is 3.85. The van der Waals surface area contributed by atoms with Crippen LogP contribution in [0, 0.1) is 0 Å². The molecule has 1 unspecified atom stereocenters. The van der Waals surface area contributed by atoms with Crippen LogP contribution in [0.25, 0.3) is 0 Å². The third kappa shape index (κ3) is 2.62. The largest absolute Gasteiger partial charge is 0.315 e. The van der Waals surface area contributed by atoms with E-state index in [1.165, 1.54) is 10.4 Å². The summed E-state index contributed by atoms with van der Waals surface area (Å²) in [5.41, 5.74) is 2.25. The van der Waals surface area contributed by atoms with Crippen LogP contribution in [0.3, 0.4) is 0 Å². The number of rotatable bonds is 4. The van der Waals surface area contributed by atoms with Crippen molar-refractivity contribution in [1.82, 2.24) is 5.32 Å². The molecule has 0 fully saturated rings. The predicted molar refractivity (Wildman–Crippen MR) is 83.2 cm³/mol. The van der Waals surface area contributed by atoms with Gasteiger partial charge < -0.3 is 10.2 Å². The zero-order chi connectivity index (χ0) is 13.9. The Labute approximate surface area is 123 Å². The van der Waals surface area contributed by atoms with Crippen molar-refractivity contribution in [1.29, 1.82) is 0 Å². The summed E-state index contributed by atoms with van der Waals surface area (Å²) in [5.74, 6) is 0.178. The van der Waals surface area contributed by atoms with Crippen LogP contribution in [0.2, 0.25) is 0 Å². The number of fused-ring (bicyclic) bond motifs is 1. The molecule has 3 nitrogen and oxygen atoms in total. The number of anilines is 1. The molecule has 1 aromatic heterocycles. The van der Waals surface area contributed by atoms with E-state index in [4.69, 9.17) is 0 Å². The lowest BCUT2D eigenvalue weighted by atomic mass is 9.96. The van der Waals surface area contributed by atoms with Crippen molar-refractivity contribution in [2.75, 3.05) is 18.5 Å². The molecular formula is C16H18N2OS. The summed E-state index contributed by atoms with van der Waals surface area (Å²) in [6.45, 7) is 0.899. The van der Waals surface area contributed by atoms with E-state index in [0.29, 0.717) is 6.42 Å². The second-order valence-electron chi connectivity index (χ2n) is 5.05. The normalized spacial score (nSPS) is 18.1. The fraction of sp³-hybridized carbons (Fsp3) is 0.312. The van der Waals surface area contributed by atoms with Gasteiger partial charge in [0, 0.05) is 36.6 Å². The van der Waals surface area contributed by atoms with Gasteiger partial charge in [0.1, 0.15) is 0 Å². The van der Waals surface area contributed by atoms with Gasteiger partial charge >= 0.3 is 0 Å². The van der Waals surface area contributed by atoms with E-state index in [9.17, 15) is 4.79 Å². The summed E-state index contributed by atoms with van der Waals surface area (Å²) >= 11 is 1.78. The van der Waals surface area contributed by atoms with Gasteiger partial charge in [-0.3, -0.25) is 4.79 Å². The van der Waals surface area contributed by atoms with Crippen LogP contribution in [-0.4, -0.2) is 19.5 Å². The number of hydrogen-bond acceptors (Lipinski definition) is 3. The predicted octanol–water partition coefficient (Wildman–Crippen LogP) is 2.99. The maximum absolute atomic E-state index is 12.0. The van der Waals surface area contributed by atoms with Gasteiger partial charge in [-0.15, -0.1) is 11.3 Å². The van der Waals surface area contributed by atoms with E-state index in [2.05, 4.69) is 28.9 Å². The standard InChI is InChI=1S/C16H18N2OS/c1-18-15-7-3-2-6-13(15)14(11-16(18)19)17-9-8-12-5-4-10-20-12/h2-7,10,14,17H,8-9,11H2,1H3. The second kappa shape index (κ2) is 5.77. The molecule has 0 saturated carbocycles. The maximum atomic E-state index is 12.0. The molecular weight excluding hydrogens is 268 g/mol. The van der Waals surface area contributed by atoms with Crippen LogP contribution < -0.4 is 10.2 Å². The summed E-state index contributed by atoms with van der Waals surface area (Å²) in [6.07, 6.45) is 1.55. The number of benzene rings is 1. The first-order chi connectivity index (χ1) is 9.75. The Morgan fingerprint density at radius 3 is 2.95 bits per heavy atom. The van der Waals surface area contributed by atoms with Crippen molar-refractivity contribution in [2.45, 2.75) is 18.9 Å². The molecule has 20 heavy (non-hydrogen) atoms. The Bertz CT molecular complexity index is 594. The quantitative estimate of drug-likeness (QED) is 0.937. The molecule has 104 valence electrons. The molecule has 1 amide bonds. The number of carbonyl (C=O) groups is 1. The van der Waals surface area contributed by atoms with Crippen LogP contribution >= 0.6 is 11.3 Å². The minimum Gasteiger partial charge on any atom is -0.315 e. The Morgan fingerprint density at radius 2 is 2.15 bits per heavy atom. The van der Waals surface area contributed by atoms with Crippen molar-refractivity contribution in [3.05, 3.63) is 52.2 Å². The van der Waals surface area contributed by atoms with Gasteiger partial charge in [0.05, 0.1) is 0 Å². The lowest BCUT2D eigenvalue weighted by Crippen LogP contribution is -2.38. The number of amides is 1. The van der Waals surface area contributed by atoms with Crippen molar-refractivity contribution in [3.8, 4) is 0 Å². The molecule has 1 aliphatic heterocycles. The summed E-state index contributed by atoms with van der Waals surface area (Å²) in [5, 5.41) is 5.63. The Morgan fingerprint density at radius 1 is 1.30 bits per heavy atom. The maximum Gasteiger partial charge on any atom is 0.228 e. The average Bonchev–Trinajstić information content (AvgIpc) is 2.97. The number of hydrogen-bond donors (Lipinski definition) is 1. The van der Waals surface area contributed by atoms with E-state index in [1.54, 1.807) is 16.2 Å². The molecule has 1 atom stereocenters. The summed E-state index contributed by atoms with van der Waals surface area (Å²) in [7, 11) is 1.85. The topological polar surface area (TPSA) is 32.3 Å². The molecule has 1 N–H and O–H groups in total. The summed E-state index contributed by atoms with van der Waals surface area (Å²) in [6, 6.07) is 12.5. The number of nitrogens with zero attached hydrogens (tertiary/aromatic N) is 1. The van der Waals surface area contributed by atoms with Crippen LogP contribution in [0.1, 0.15) is 22.9 Å². The van der Waals surface area contributed by atoms with E-state index in [0.717, 1.165) is 18.7 Å². The molecule has 1 aromatic carbocycles. The van der Waals surface area contributed by atoms with Crippen LogP contribution in [-0.2, 0) is 11.2 Å². The minimum absolute atomic E-state index is 0.134. The third-order valence-electron chi connectivity index (χ3n) is 3.77. The van der Waals surface area contributed by atoms with Gasteiger partial charge in [0.25, 0.3) is 0 Å². The zero-order valence-corrected chi connectivity index (χ0v) is 12.3. The number of thiophene rings is 1. The highest BCUT2D eigenvalue weighted by atomic mass is 32.1. The number of nitrogens with one attached hydrogen (secondary N) is 1. The zero-order valence-electron chi connectivity index (χ0n) is 11.5. The molecule has 2 heterocycles. The molecule has 1 aliphatic rings. The monoisotopic (exact) mass is 286 g/mol. The molecule has 3 rings (SSSR count). The van der Waals surface area contributed by atoms with E-state index >= 15 is 0 Å². The number of para-hydroxylation sites is 1. The van der Waals surface area contributed by atoms with Gasteiger partial charge in [-0.2, -0.15) is 0 Å². The molecule has 0 radical (unpaired) electrons. The Balaban J connectivity index is 1.70. The number of carbonyl (C=O) groups excluding carboxylic acids is 1. The molecule has 0 aliphatic carbocycles. The van der Waals surface area contributed by atoms with Gasteiger partial charge in [-0.1, -0.05) is 24.3 Å². The summed E-state index contributed by atoms with van der Waals surface area (Å²) in [4.78, 5) is 15.2. The average molecular weight is 286 g/mol. The van der Waals surface area contributed by atoms with Gasteiger partial charge in [-0.05, 0) is 29.5 Å². The molecule has 0 saturated heterocycles. The minimum atomic E-state index is 0.134. The third-order valence-corrected chi connectivity index (χ3v) is 4.70. The van der Waals surface area contributed by atoms with Crippen molar-refractivity contribution < 1.29 is 4.79 Å². The van der Waals surface area contributed by atoms with E-state index in [-0.39, 0.29) is 11.9 Å². The first-order valence-corrected chi connectivity index (χ1v) is 7.75. The van der Waals surface area contributed by atoms with Crippen LogP contribution in [0.5, 0.6) is 0 Å². The van der Waals surface area contributed by atoms with Crippen molar-refractivity contribution in [3.63, 3.8) is 0 Å². The van der Waals surface area contributed by atoms with Crippen LogP contribution in [0.15, 0.2) is 41.8 Å². The van der Waals surface area contributed by atoms with Gasteiger partial charge in [0.15, 0.2) is 0 Å². The highest BCUT2D eigenvalue weighted by Gasteiger charge is 2.28. The Hall–Kier alpha value is -1.65. The molecule has 0 spiro atoms. The second-order valence-corrected chi connectivity index (χ2v) is 6.08.